The van der Waals surface area contributed by atoms with Crippen LogP contribution in [0, 0.1) is 0 Å². The van der Waals surface area contributed by atoms with Crippen molar-refractivity contribution in [1.29, 1.82) is 0 Å². The summed E-state index contributed by atoms with van der Waals surface area (Å²) in [5.41, 5.74) is 1.17. The zero-order chi connectivity index (χ0) is 8.39. The van der Waals surface area contributed by atoms with Crippen molar-refractivity contribution < 1.29 is 0 Å². The predicted octanol–water partition coefficient (Wildman–Crippen LogP) is 2.81. The van der Waals surface area contributed by atoms with Crippen molar-refractivity contribution >= 4 is 11.8 Å². The quantitative estimate of drug-likeness (QED) is 0.612. The Hall–Kier alpha value is -0.760. The summed E-state index contributed by atoms with van der Waals surface area (Å²) in [6, 6.07) is 6.08. The van der Waals surface area contributed by atoms with Gasteiger partial charge in [-0.25, -0.2) is 0 Å². The van der Waals surface area contributed by atoms with Gasteiger partial charge in [-0.1, -0.05) is 18.2 Å². The molecule has 0 fully saturated rings. The minimum absolute atomic E-state index is 0.473. The van der Waals surface area contributed by atoms with Crippen LogP contribution in [-0.2, 0) is 0 Å². The lowest BCUT2D eigenvalue weighted by atomic mass is 10.2. The van der Waals surface area contributed by atoms with Gasteiger partial charge in [-0.15, -0.1) is 11.8 Å². The van der Waals surface area contributed by atoms with Crippen molar-refractivity contribution in [1.82, 2.24) is 4.98 Å². The summed E-state index contributed by atoms with van der Waals surface area (Å²) >= 11 is 1.94. The smallest absolute Gasteiger partial charge is 0.0656 e. The third kappa shape index (κ3) is 1.53. The summed E-state index contributed by atoms with van der Waals surface area (Å²) in [5.74, 6) is 0. The molecule has 2 heteroatoms. The van der Waals surface area contributed by atoms with Crippen molar-refractivity contribution in [3.8, 4) is 0 Å². The van der Waals surface area contributed by atoms with Gasteiger partial charge in [0.05, 0.1) is 10.9 Å². The van der Waals surface area contributed by atoms with E-state index in [0.29, 0.717) is 10.5 Å². The Morgan fingerprint density at radius 1 is 1.33 bits per heavy atom. The summed E-state index contributed by atoms with van der Waals surface area (Å²) in [7, 11) is 0. The van der Waals surface area contributed by atoms with Crippen molar-refractivity contribution in [2.75, 3.05) is 0 Å². The molecular weight excluding hydrogens is 166 g/mol. The maximum Gasteiger partial charge on any atom is 0.0656 e. The van der Waals surface area contributed by atoms with Gasteiger partial charge >= 0.3 is 0 Å². The van der Waals surface area contributed by atoms with Gasteiger partial charge in [0, 0.05) is 11.4 Å². The van der Waals surface area contributed by atoms with Gasteiger partial charge in [-0.2, -0.15) is 0 Å². The molecule has 62 valence electrons. The summed E-state index contributed by atoms with van der Waals surface area (Å²) in [4.78, 5) is 4.32. The average Bonchev–Trinajstić information content (AvgIpc) is 2.54. The fourth-order valence-electron chi connectivity index (χ4n) is 1.29. The SMILES string of the molecule is CC1C=CC(c2ccccn2)S1. The standard InChI is InChI=1S/C10H11NS/c1-8-5-6-10(12-8)9-4-2-3-7-11-9/h2-8,10H,1H3. The fourth-order valence-corrected chi connectivity index (χ4v) is 2.40. The van der Waals surface area contributed by atoms with E-state index in [4.69, 9.17) is 0 Å². The molecule has 0 saturated carbocycles. The first-order valence-electron chi connectivity index (χ1n) is 4.11. The van der Waals surface area contributed by atoms with Crippen LogP contribution in [0.15, 0.2) is 36.5 Å². The zero-order valence-electron chi connectivity index (χ0n) is 6.97. The largest absolute Gasteiger partial charge is 0.260 e. The molecule has 1 nitrogen and oxygen atoms in total. The highest BCUT2D eigenvalue weighted by atomic mass is 32.2. The predicted molar refractivity (Wildman–Crippen MR) is 53.2 cm³/mol. The van der Waals surface area contributed by atoms with Crippen LogP contribution in [0.2, 0.25) is 0 Å². The monoisotopic (exact) mass is 177 g/mol. The molecule has 0 N–H and O–H groups in total. The number of pyridine rings is 1. The topological polar surface area (TPSA) is 12.9 Å². The van der Waals surface area contributed by atoms with Gasteiger partial charge in [0.2, 0.25) is 0 Å². The van der Waals surface area contributed by atoms with Gasteiger partial charge in [0.15, 0.2) is 0 Å². The van der Waals surface area contributed by atoms with Crippen molar-refractivity contribution in [3.63, 3.8) is 0 Å². The first kappa shape index (κ1) is 7.87. The van der Waals surface area contributed by atoms with Crippen LogP contribution in [0.5, 0.6) is 0 Å². The summed E-state index contributed by atoms with van der Waals surface area (Å²) < 4.78 is 0. The maximum absolute atomic E-state index is 4.32. The van der Waals surface area contributed by atoms with E-state index < -0.39 is 0 Å². The molecule has 1 aromatic heterocycles. The number of nitrogens with zero attached hydrogens (tertiary/aromatic N) is 1. The number of rotatable bonds is 1. The minimum atomic E-state index is 0.473. The highest BCUT2D eigenvalue weighted by Gasteiger charge is 2.17. The lowest BCUT2D eigenvalue weighted by molar-refractivity contribution is 1.10. The van der Waals surface area contributed by atoms with Gasteiger partial charge < -0.3 is 0 Å². The van der Waals surface area contributed by atoms with E-state index in [1.54, 1.807) is 0 Å². The maximum atomic E-state index is 4.32. The molecule has 0 spiro atoms. The van der Waals surface area contributed by atoms with Crippen LogP contribution in [-0.4, -0.2) is 10.2 Å². The third-order valence-electron chi connectivity index (χ3n) is 1.90. The van der Waals surface area contributed by atoms with Gasteiger partial charge in [0.25, 0.3) is 0 Å². The Morgan fingerprint density at radius 2 is 2.25 bits per heavy atom. The van der Waals surface area contributed by atoms with E-state index in [2.05, 4.69) is 30.1 Å². The van der Waals surface area contributed by atoms with Crippen LogP contribution in [0.3, 0.4) is 0 Å². The first-order chi connectivity index (χ1) is 5.86. The van der Waals surface area contributed by atoms with Crippen LogP contribution >= 0.6 is 11.8 Å². The zero-order valence-corrected chi connectivity index (χ0v) is 7.79. The highest BCUT2D eigenvalue weighted by Crippen LogP contribution is 2.37. The Labute approximate surface area is 76.9 Å². The summed E-state index contributed by atoms with van der Waals surface area (Å²) in [6.07, 6.45) is 6.33. The highest BCUT2D eigenvalue weighted by molar-refractivity contribution is 8.00. The van der Waals surface area contributed by atoms with E-state index in [9.17, 15) is 0 Å². The summed E-state index contributed by atoms with van der Waals surface area (Å²) in [5, 5.41) is 1.11. The molecule has 1 aliphatic rings. The molecule has 0 aliphatic carbocycles. The molecule has 0 bridgehead atoms. The van der Waals surface area contributed by atoms with E-state index >= 15 is 0 Å². The Kier molecular flexibility index (Phi) is 2.17. The molecule has 2 rings (SSSR count). The Balaban J connectivity index is 2.18. The number of hydrogen-bond acceptors (Lipinski definition) is 2. The van der Waals surface area contributed by atoms with Crippen LogP contribution < -0.4 is 0 Å². The second-order valence-electron chi connectivity index (χ2n) is 2.90. The molecular formula is C10H11NS. The second-order valence-corrected chi connectivity index (χ2v) is 4.42. The molecule has 2 heterocycles. The van der Waals surface area contributed by atoms with Gasteiger partial charge in [0.1, 0.15) is 0 Å². The Morgan fingerprint density at radius 3 is 2.83 bits per heavy atom. The van der Waals surface area contributed by atoms with Crippen molar-refractivity contribution in [3.05, 3.63) is 42.2 Å². The second kappa shape index (κ2) is 3.31. The Bertz CT molecular complexity index is 281. The van der Waals surface area contributed by atoms with E-state index in [0.717, 1.165) is 0 Å². The molecule has 1 aromatic rings. The molecule has 2 unspecified atom stereocenters. The normalized spacial score (nSPS) is 27.8. The van der Waals surface area contributed by atoms with E-state index in [-0.39, 0.29) is 0 Å². The van der Waals surface area contributed by atoms with E-state index in [1.807, 2.05) is 30.1 Å². The molecule has 0 saturated heterocycles. The number of hydrogen-bond donors (Lipinski definition) is 0. The molecule has 0 radical (unpaired) electrons. The molecule has 2 atom stereocenters. The van der Waals surface area contributed by atoms with Crippen LogP contribution in [0.25, 0.3) is 0 Å². The lowest BCUT2D eigenvalue weighted by Gasteiger charge is -2.07. The molecule has 0 aromatic carbocycles. The van der Waals surface area contributed by atoms with Crippen LogP contribution in [0.1, 0.15) is 17.9 Å². The molecule has 12 heavy (non-hydrogen) atoms. The fraction of sp³-hybridized carbons (Fsp3) is 0.300. The molecule has 0 amide bonds. The van der Waals surface area contributed by atoms with Gasteiger partial charge in [-0.05, 0) is 19.1 Å². The minimum Gasteiger partial charge on any atom is -0.260 e. The third-order valence-corrected chi connectivity index (χ3v) is 3.18. The van der Waals surface area contributed by atoms with Crippen molar-refractivity contribution in [2.45, 2.75) is 17.4 Å². The van der Waals surface area contributed by atoms with Crippen molar-refractivity contribution in [2.24, 2.45) is 0 Å². The summed E-state index contributed by atoms with van der Waals surface area (Å²) in [6.45, 7) is 2.21. The average molecular weight is 177 g/mol. The van der Waals surface area contributed by atoms with Crippen LogP contribution in [0.4, 0.5) is 0 Å². The number of thioether (sulfide) groups is 1. The van der Waals surface area contributed by atoms with E-state index in [1.165, 1.54) is 5.69 Å². The van der Waals surface area contributed by atoms with Gasteiger partial charge in [-0.3, -0.25) is 4.98 Å². The number of aromatic nitrogens is 1. The lowest BCUT2D eigenvalue weighted by Crippen LogP contribution is -1.91. The molecule has 1 aliphatic heterocycles. The first-order valence-corrected chi connectivity index (χ1v) is 5.05.